The van der Waals surface area contributed by atoms with Crippen molar-refractivity contribution in [2.45, 2.75) is 0 Å². The van der Waals surface area contributed by atoms with Crippen LogP contribution in [0.25, 0.3) is 6.08 Å². The van der Waals surface area contributed by atoms with Crippen LogP contribution in [0.15, 0.2) is 95.7 Å². The second-order valence-corrected chi connectivity index (χ2v) is 6.34. The van der Waals surface area contributed by atoms with Crippen LogP contribution in [-0.2, 0) is 4.79 Å². The number of benzene rings is 3. The van der Waals surface area contributed by atoms with Crippen molar-refractivity contribution in [2.75, 3.05) is 0 Å². The molecule has 0 saturated carbocycles. The van der Waals surface area contributed by atoms with E-state index in [1.165, 1.54) is 30.5 Å². The number of nitro groups is 1. The van der Waals surface area contributed by atoms with Gasteiger partial charge in [0.05, 0.1) is 11.1 Å². The number of carbonyl (C=O) groups excluding carboxylic acids is 2. The number of non-ortho nitro benzene ring substituents is 1. The summed E-state index contributed by atoms with van der Waals surface area (Å²) < 4.78 is 0. The molecule has 8 heteroatoms. The highest BCUT2D eigenvalue weighted by molar-refractivity contribution is 6.05. The molecule has 3 aromatic carbocycles. The zero-order chi connectivity index (χ0) is 22.1. The first kappa shape index (κ1) is 21.1. The molecule has 0 aliphatic heterocycles. The molecule has 154 valence electrons. The Bertz CT molecular complexity index is 1140. The average molecular weight is 414 g/mol. The summed E-state index contributed by atoms with van der Waals surface area (Å²) in [7, 11) is 0. The topological polar surface area (TPSA) is 114 Å². The van der Waals surface area contributed by atoms with Crippen molar-refractivity contribution in [3.05, 3.63) is 117 Å². The number of nitrogens with one attached hydrogen (secondary N) is 2. The molecule has 0 bridgehead atoms. The Kier molecular flexibility index (Phi) is 6.99. The van der Waals surface area contributed by atoms with Crippen LogP contribution < -0.4 is 10.7 Å². The molecule has 0 spiro atoms. The molecule has 8 nitrogen and oxygen atoms in total. The molecule has 2 N–H and O–H groups in total. The Hall–Kier alpha value is -4.59. The van der Waals surface area contributed by atoms with E-state index in [4.69, 9.17) is 0 Å². The van der Waals surface area contributed by atoms with Crippen LogP contribution in [0.4, 0.5) is 5.69 Å². The van der Waals surface area contributed by atoms with Crippen molar-refractivity contribution < 1.29 is 14.5 Å². The van der Waals surface area contributed by atoms with Gasteiger partial charge in [-0.2, -0.15) is 5.10 Å². The lowest BCUT2D eigenvalue weighted by Gasteiger charge is -2.09. The smallest absolute Gasteiger partial charge is 0.287 e. The summed E-state index contributed by atoms with van der Waals surface area (Å²) in [4.78, 5) is 35.5. The zero-order valence-corrected chi connectivity index (χ0v) is 16.3. The highest BCUT2D eigenvalue weighted by Gasteiger charge is 2.14. The fourth-order valence-electron chi connectivity index (χ4n) is 2.60. The van der Waals surface area contributed by atoms with Crippen LogP contribution in [0.5, 0.6) is 0 Å². The molecule has 0 fully saturated rings. The zero-order valence-electron chi connectivity index (χ0n) is 16.3. The molecule has 0 saturated heterocycles. The van der Waals surface area contributed by atoms with Gasteiger partial charge in [0.1, 0.15) is 5.70 Å². The van der Waals surface area contributed by atoms with Gasteiger partial charge in [-0.3, -0.25) is 19.7 Å². The molecule has 0 unspecified atom stereocenters. The molecule has 31 heavy (non-hydrogen) atoms. The van der Waals surface area contributed by atoms with Gasteiger partial charge in [-0.15, -0.1) is 0 Å². The Morgan fingerprint density at radius 1 is 0.871 bits per heavy atom. The first-order chi connectivity index (χ1) is 15.0. The SMILES string of the molecule is O=C(N/N=C/c1cccc([N+](=O)[O-])c1)/C(=C/c1ccccc1)NC(=O)c1ccccc1. The fraction of sp³-hybridized carbons (Fsp3) is 0. The van der Waals surface area contributed by atoms with Gasteiger partial charge in [-0.25, -0.2) is 5.43 Å². The fourth-order valence-corrected chi connectivity index (χ4v) is 2.60. The molecule has 3 aromatic rings. The van der Waals surface area contributed by atoms with Crippen LogP contribution in [0.1, 0.15) is 21.5 Å². The molecular weight excluding hydrogens is 396 g/mol. The lowest BCUT2D eigenvalue weighted by Crippen LogP contribution is -2.32. The third kappa shape index (κ3) is 6.20. The van der Waals surface area contributed by atoms with E-state index in [2.05, 4.69) is 15.8 Å². The van der Waals surface area contributed by atoms with Crippen LogP contribution in [-0.4, -0.2) is 23.0 Å². The van der Waals surface area contributed by atoms with E-state index in [-0.39, 0.29) is 11.4 Å². The van der Waals surface area contributed by atoms with Gasteiger partial charge in [0, 0.05) is 23.3 Å². The lowest BCUT2D eigenvalue weighted by molar-refractivity contribution is -0.384. The first-order valence-corrected chi connectivity index (χ1v) is 9.24. The molecule has 0 aliphatic rings. The summed E-state index contributed by atoms with van der Waals surface area (Å²) in [5.41, 5.74) is 3.79. The third-order valence-electron chi connectivity index (χ3n) is 4.10. The van der Waals surface area contributed by atoms with Crippen molar-refractivity contribution in [3.8, 4) is 0 Å². The summed E-state index contributed by atoms with van der Waals surface area (Å²) in [5, 5.41) is 17.3. The van der Waals surface area contributed by atoms with Crippen molar-refractivity contribution >= 4 is 29.8 Å². The van der Waals surface area contributed by atoms with Crippen molar-refractivity contribution in [1.82, 2.24) is 10.7 Å². The highest BCUT2D eigenvalue weighted by Crippen LogP contribution is 2.11. The number of hydrazone groups is 1. The molecule has 3 rings (SSSR count). The number of carbonyl (C=O) groups is 2. The largest absolute Gasteiger partial charge is 0.317 e. The Morgan fingerprint density at radius 2 is 1.52 bits per heavy atom. The molecule has 2 amide bonds. The average Bonchev–Trinajstić information content (AvgIpc) is 2.80. The van der Waals surface area contributed by atoms with Gasteiger partial charge >= 0.3 is 0 Å². The second kappa shape index (κ2) is 10.3. The number of rotatable bonds is 7. The number of nitrogens with zero attached hydrogens (tertiary/aromatic N) is 2. The summed E-state index contributed by atoms with van der Waals surface area (Å²) >= 11 is 0. The molecular formula is C23H18N4O4. The van der Waals surface area contributed by atoms with E-state index in [0.717, 1.165) is 0 Å². The highest BCUT2D eigenvalue weighted by atomic mass is 16.6. The van der Waals surface area contributed by atoms with Gasteiger partial charge in [0.15, 0.2) is 0 Å². The summed E-state index contributed by atoms with van der Waals surface area (Å²) in [6.45, 7) is 0. The Morgan fingerprint density at radius 3 is 2.19 bits per heavy atom. The number of hydrogen-bond donors (Lipinski definition) is 2. The van der Waals surface area contributed by atoms with E-state index < -0.39 is 16.7 Å². The minimum atomic E-state index is -0.644. The van der Waals surface area contributed by atoms with Crippen LogP contribution in [0, 0.1) is 10.1 Å². The first-order valence-electron chi connectivity index (χ1n) is 9.24. The molecule has 0 radical (unpaired) electrons. The Balaban J connectivity index is 1.77. The van der Waals surface area contributed by atoms with E-state index in [1.807, 2.05) is 6.07 Å². The molecule has 0 atom stereocenters. The second-order valence-electron chi connectivity index (χ2n) is 6.34. The molecule has 0 aromatic heterocycles. The van der Waals surface area contributed by atoms with Gasteiger partial charge in [-0.05, 0) is 23.8 Å². The van der Waals surface area contributed by atoms with Crippen molar-refractivity contribution in [1.29, 1.82) is 0 Å². The maximum absolute atomic E-state index is 12.7. The standard InChI is InChI=1S/C23H18N4O4/c28-22(19-11-5-2-6-12-19)25-21(15-17-8-3-1-4-9-17)23(29)26-24-16-18-10-7-13-20(14-18)27(30)31/h1-16H,(H,25,28)(H,26,29)/b21-15-,24-16+. The van der Waals surface area contributed by atoms with Crippen molar-refractivity contribution in [2.24, 2.45) is 5.10 Å². The van der Waals surface area contributed by atoms with Crippen molar-refractivity contribution in [3.63, 3.8) is 0 Å². The van der Waals surface area contributed by atoms with Gasteiger partial charge in [-0.1, -0.05) is 60.7 Å². The summed E-state index contributed by atoms with van der Waals surface area (Å²) in [6.07, 6.45) is 2.81. The number of nitro benzene ring substituents is 1. The summed E-state index contributed by atoms with van der Waals surface area (Å²) in [6, 6.07) is 23.3. The van der Waals surface area contributed by atoms with E-state index in [9.17, 15) is 19.7 Å². The molecule has 0 heterocycles. The normalized spacial score (nSPS) is 11.2. The van der Waals surface area contributed by atoms with Gasteiger partial charge in [0.2, 0.25) is 0 Å². The third-order valence-corrected chi connectivity index (χ3v) is 4.10. The van der Waals surface area contributed by atoms with Crippen LogP contribution >= 0.6 is 0 Å². The quantitative estimate of drug-likeness (QED) is 0.266. The predicted octanol–water partition coefficient (Wildman–Crippen LogP) is 3.52. The molecule has 0 aliphatic carbocycles. The Labute approximate surface area is 178 Å². The lowest BCUT2D eigenvalue weighted by atomic mass is 10.1. The maximum atomic E-state index is 12.7. The summed E-state index contributed by atoms with van der Waals surface area (Å²) in [5.74, 6) is -1.09. The van der Waals surface area contributed by atoms with Gasteiger partial charge < -0.3 is 5.32 Å². The maximum Gasteiger partial charge on any atom is 0.287 e. The monoisotopic (exact) mass is 414 g/mol. The number of hydrogen-bond acceptors (Lipinski definition) is 5. The minimum Gasteiger partial charge on any atom is -0.317 e. The van der Waals surface area contributed by atoms with Crippen LogP contribution in [0.3, 0.4) is 0 Å². The van der Waals surface area contributed by atoms with E-state index in [0.29, 0.717) is 16.7 Å². The number of amides is 2. The van der Waals surface area contributed by atoms with Crippen LogP contribution in [0.2, 0.25) is 0 Å². The van der Waals surface area contributed by atoms with Gasteiger partial charge in [0.25, 0.3) is 17.5 Å². The van der Waals surface area contributed by atoms with E-state index in [1.54, 1.807) is 60.7 Å². The van der Waals surface area contributed by atoms with E-state index >= 15 is 0 Å². The minimum absolute atomic E-state index is 0.00348. The predicted molar refractivity (Wildman–Crippen MR) is 117 cm³/mol.